The molecule has 5 heteroatoms. The Labute approximate surface area is 135 Å². The predicted molar refractivity (Wildman–Crippen MR) is 87.5 cm³/mol. The average molecular weight is 312 g/mol. The first-order valence-corrected chi connectivity index (χ1v) is 7.40. The van der Waals surface area contributed by atoms with E-state index in [4.69, 9.17) is 0 Å². The van der Waals surface area contributed by atoms with Gasteiger partial charge in [0.2, 0.25) is 0 Å². The lowest BCUT2D eigenvalue weighted by Gasteiger charge is -2.14. The van der Waals surface area contributed by atoms with E-state index in [2.05, 4.69) is 28.0 Å². The van der Waals surface area contributed by atoms with Gasteiger partial charge in [0.25, 0.3) is 5.91 Å². The van der Waals surface area contributed by atoms with Crippen LogP contribution in [-0.2, 0) is 4.74 Å². The van der Waals surface area contributed by atoms with Gasteiger partial charge in [-0.1, -0.05) is 36.8 Å². The van der Waals surface area contributed by atoms with E-state index in [1.165, 1.54) is 30.5 Å². The Morgan fingerprint density at radius 1 is 1.26 bits per heavy atom. The fraction of sp³-hybridized carbons (Fsp3) is 0.278. The number of amides is 1. The zero-order valence-corrected chi connectivity index (χ0v) is 13.5. The summed E-state index contributed by atoms with van der Waals surface area (Å²) in [6.45, 7) is 4.61. The van der Waals surface area contributed by atoms with Crippen LogP contribution < -0.4 is 5.32 Å². The molecule has 1 atom stereocenters. The van der Waals surface area contributed by atoms with Gasteiger partial charge in [-0.25, -0.2) is 9.78 Å². The summed E-state index contributed by atoms with van der Waals surface area (Å²) in [6, 6.07) is 11.2. The van der Waals surface area contributed by atoms with Crippen molar-refractivity contribution in [3.8, 4) is 0 Å². The fourth-order valence-electron chi connectivity index (χ4n) is 2.23. The van der Waals surface area contributed by atoms with E-state index in [9.17, 15) is 9.59 Å². The Morgan fingerprint density at radius 3 is 2.74 bits per heavy atom. The molecule has 1 aromatic carbocycles. The van der Waals surface area contributed by atoms with Crippen LogP contribution in [0.1, 0.15) is 44.8 Å². The van der Waals surface area contributed by atoms with Gasteiger partial charge in [-0.15, -0.1) is 0 Å². The van der Waals surface area contributed by atoms with Crippen molar-refractivity contribution in [3.63, 3.8) is 0 Å². The van der Waals surface area contributed by atoms with Crippen molar-refractivity contribution in [2.45, 2.75) is 19.8 Å². The second kappa shape index (κ2) is 7.54. The highest BCUT2D eigenvalue weighted by Crippen LogP contribution is 2.15. The average Bonchev–Trinajstić information content (AvgIpc) is 2.58. The number of aromatic nitrogens is 1. The fourth-order valence-corrected chi connectivity index (χ4v) is 2.23. The number of pyridine rings is 1. The lowest BCUT2D eigenvalue weighted by Crippen LogP contribution is -2.27. The summed E-state index contributed by atoms with van der Waals surface area (Å²) in [5.74, 6) is -0.606. The van der Waals surface area contributed by atoms with Gasteiger partial charge in [-0.2, -0.15) is 0 Å². The summed E-state index contributed by atoms with van der Waals surface area (Å²) in [5, 5.41) is 2.88. The first-order valence-electron chi connectivity index (χ1n) is 7.40. The van der Waals surface area contributed by atoms with Crippen LogP contribution in [0.4, 0.5) is 0 Å². The van der Waals surface area contributed by atoms with Crippen molar-refractivity contribution in [1.29, 1.82) is 0 Å². The smallest absolute Gasteiger partial charge is 0.356 e. The molecule has 1 heterocycles. The van der Waals surface area contributed by atoms with E-state index >= 15 is 0 Å². The van der Waals surface area contributed by atoms with Gasteiger partial charge in [0, 0.05) is 18.3 Å². The third kappa shape index (κ3) is 4.39. The van der Waals surface area contributed by atoms with Crippen LogP contribution in [0, 0.1) is 6.92 Å². The third-order valence-electron chi connectivity index (χ3n) is 3.60. The maximum absolute atomic E-state index is 12.2. The van der Waals surface area contributed by atoms with Gasteiger partial charge in [0.1, 0.15) is 5.69 Å². The lowest BCUT2D eigenvalue weighted by molar-refractivity contribution is 0.0594. The molecular weight excluding hydrogens is 292 g/mol. The quantitative estimate of drug-likeness (QED) is 0.862. The van der Waals surface area contributed by atoms with Gasteiger partial charge in [0.15, 0.2) is 0 Å². The van der Waals surface area contributed by atoms with Gasteiger partial charge in [0.05, 0.1) is 7.11 Å². The molecule has 0 fully saturated rings. The van der Waals surface area contributed by atoms with Crippen molar-refractivity contribution in [1.82, 2.24) is 10.3 Å². The highest BCUT2D eigenvalue weighted by molar-refractivity contribution is 5.96. The molecule has 0 radical (unpaired) electrons. The first kappa shape index (κ1) is 16.7. The number of carbonyl (C=O) groups is 2. The number of carbonyl (C=O) groups excluding carboxylic acids is 2. The van der Waals surface area contributed by atoms with E-state index in [-0.39, 0.29) is 17.5 Å². The van der Waals surface area contributed by atoms with Crippen molar-refractivity contribution >= 4 is 11.9 Å². The first-order chi connectivity index (χ1) is 11.0. The molecule has 23 heavy (non-hydrogen) atoms. The molecule has 1 amide bonds. The van der Waals surface area contributed by atoms with Gasteiger partial charge < -0.3 is 10.1 Å². The summed E-state index contributed by atoms with van der Waals surface area (Å²) in [7, 11) is 1.28. The molecule has 0 spiro atoms. The predicted octanol–water partition coefficient (Wildman–Crippen LogP) is 2.71. The van der Waals surface area contributed by atoms with Crippen LogP contribution in [0.2, 0.25) is 0 Å². The van der Waals surface area contributed by atoms with Crippen molar-refractivity contribution in [3.05, 3.63) is 65.0 Å². The van der Waals surface area contributed by atoms with Crippen LogP contribution in [0.25, 0.3) is 0 Å². The van der Waals surface area contributed by atoms with Crippen LogP contribution in [0.3, 0.4) is 0 Å². The van der Waals surface area contributed by atoms with E-state index < -0.39 is 5.97 Å². The zero-order valence-electron chi connectivity index (χ0n) is 13.5. The zero-order chi connectivity index (χ0) is 16.8. The maximum Gasteiger partial charge on any atom is 0.356 e. The Bertz CT molecular complexity index is 713. The summed E-state index contributed by atoms with van der Waals surface area (Å²) in [4.78, 5) is 27.6. The number of nitrogens with zero attached hydrogens (tertiary/aromatic N) is 1. The molecule has 0 aliphatic rings. The Morgan fingerprint density at radius 2 is 2.04 bits per heavy atom. The maximum atomic E-state index is 12.2. The number of hydrogen-bond acceptors (Lipinski definition) is 4. The van der Waals surface area contributed by atoms with Crippen molar-refractivity contribution < 1.29 is 14.3 Å². The molecule has 0 unspecified atom stereocenters. The summed E-state index contributed by atoms with van der Waals surface area (Å²) in [5.41, 5.74) is 2.87. The minimum atomic E-state index is -0.562. The van der Waals surface area contributed by atoms with Crippen LogP contribution in [0.5, 0.6) is 0 Å². The number of rotatable bonds is 5. The largest absolute Gasteiger partial charge is 0.464 e. The van der Waals surface area contributed by atoms with E-state index in [0.717, 1.165) is 0 Å². The van der Waals surface area contributed by atoms with E-state index in [0.29, 0.717) is 12.1 Å². The highest BCUT2D eigenvalue weighted by Gasteiger charge is 2.13. The number of benzene rings is 1. The number of nitrogens with one attached hydrogen (secondary N) is 1. The summed E-state index contributed by atoms with van der Waals surface area (Å²) < 4.78 is 4.61. The molecule has 2 rings (SSSR count). The molecule has 0 aliphatic carbocycles. The topological polar surface area (TPSA) is 68.3 Å². The number of hydrogen-bond donors (Lipinski definition) is 1. The summed E-state index contributed by atoms with van der Waals surface area (Å²) in [6.07, 6.45) is 1.42. The molecule has 1 aromatic heterocycles. The number of esters is 1. The molecule has 120 valence electrons. The molecule has 0 bridgehead atoms. The Balaban J connectivity index is 2.01. The van der Waals surface area contributed by atoms with E-state index in [1.54, 1.807) is 6.07 Å². The monoisotopic (exact) mass is 312 g/mol. The molecule has 0 saturated heterocycles. The van der Waals surface area contributed by atoms with Crippen molar-refractivity contribution in [2.75, 3.05) is 13.7 Å². The summed E-state index contributed by atoms with van der Waals surface area (Å²) >= 11 is 0. The standard InChI is InChI=1S/C18H20N2O3/c1-12-5-4-6-14(9-12)13(2)11-20-17(21)15-7-8-19-16(10-15)18(22)23-3/h4-10,13H,11H2,1-3H3,(H,20,21)/t13-/m1/s1. The van der Waals surface area contributed by atoms with Gasteiger partial charge in [-0.05, 0) is 30.5 Å². The second-order valence-corrected chi connectivity index (χ2v) is 5.45. The molecule has 2 aromatic rings. The van der Waals surface area contributed by atoms with Gasteiger partial charge >= 0.3 is 5.97 Å². The Kier molecular flexibility index (Phi) is 5.46. The molecule has 0 saturated carbocycles. The van der Waals surface area contributed by atoms with Crippen LogP contribution in [0.15, 0.2) is 42.6 Å². The highest BCUT2D eigenvalue weighted by atomic mass is 16.5. The van der Waals surface area contributed by atoms with E-state index in [1.807, 2.05) is 25.1 Å². The minimum absolute atomic E-state index is 0.117. The van der Waals surface area contributed by atoms with Crippen LogP contribution in [-0.4, -0.2) is 30.5 Å². The molecular formula is C18H20N2O3. The van der Waals surface area contributed by atoms with Crippen molar-refractivity contribution in [2.24, 2.45) is 0 Å². The number of ether oxygens (including phenoxy) is 1. The molecule has 0 aliphatic heterocycles. The SMILES string of the molecule is COC(=O)c1cc(C(=O)NC[C@@H](C)c2cccc(C)c2)ccn1. The number of methoxy groups -OCH3 is 1. The normalized spacial score (nSPS) is 11.6. The third-order valence-corrected chi connectivity index (χ3v) is 3.60. The van der Waals surface area contributed by atoms with Crippen LogP contribution >= 0.6 is 0 Å². The molecule has 5 nitrogen and oxygen atoms in total. The second-order valence-electron chi connectivity index (χ2n) is 5.45. The molecule has 1 N–H and O–H groups in total. The van der Waals surface area contributed by atoms with Gasteiger partial charge in [-0.3, -0.25) is 4.79 Å². The number of aryl methyl sites for hydroxylation is 1. The lowest BCUT2D eigenvalue weighted by atomic mass is 9.99. The minimum Gasteiger partial charge on any atom is -0.464 e. The Hall–Kier alpha value is -2.69.